The van der Waals surface area contributed by atoms with Crippen molar-refractivity contribution in [3.8, 4) is 0 Å². The van der Waals surface area contributed by atoms with Crippen molar-refractivity contribution < 1.29 is 0 Å². The second-order valence-corrected chi connectivity index (χ2v) is 8.59. The molecule has 0 spiro atoms. The molecule has 160 valence electrons. The Labute approximate surface area is 192 Å². The molecule has 0 aromatic heterocycles. The van der Waals surface area contributed by atoms with Crippen molar-refractivity contribution in [3.05, 3.63) is 101 Å². The summed E-state index contributed by atoms with van der Waals surface area (Å²) in [6, 6.07) is 25.4. The summed E-state index contributed by atoms with van der Waals surface area (Å²) in [6.07, 6.45) is 5.61. The minimum atomic E-state index is -0.00858. The summed E-state index contributed by atoms with van der Waals surface area (Å²) in [6.45, 7) is 0.700. The molecule has 4 rings (SSSR count). The van der Waals surface area contributed by atoms with E-state index in [2.05, 4.69) is 60.7 Å². The minimum absolute atomic E-state index is 0.00858. The van der Waals surface area contributed by atoms with Crippen LogP contribution in [0.3, 0.4) is 0 Å². The zero-order valence-electron chi connectivity index (χ0n) is 18.5. The van der Waals surface area contributed by atoms with Gasteiger partial charge in [0.1, 0.15) is 7.85 Å². The van der Waals surface area contributed by atoms with Crippen LogP contribution in [0.4, 0.5) is 5.69 Å². The number of nitrogens with one attached hydrogen (secondary N) is 1. The number of benzene rings is 3. The van der Waals surface area contributed by atoms with Crippen LogP contribution in [0.2, 0.25) is 0 Å². The molecular weight excluding hydrogens is 389 g/mol. The molecule has 5 N–H and O–H groups in total. The number of allylic oxidation sites excluding steroid dienone is 1. The zero-order chi connectivity index (χ0) is 22.5. The molecule has 1 fully saturated rings. The molecule has 0 saturated heterocycles. The lowest BCUT2D eigenvalue weighted by Crippen LogP contribution is -2.15. The predicted octanol–water partition coefficient (Wildman–Crippen LogP) is 5.41. The van der Waals surface area contributed by atoms with Gasteiger partial charge in [-0.3, -0.25) is 0 Å². The molecule has 2 radical (unpaired) electrons. The summed E-state index contributed by atoms with van der Waals surface area (Å²) in [7, 11) is 5.85. The standard InChI is InChI=1S/C28H30BN3/c29-28(32)24-18-23(15-16-25(24)31)27(22-13-11-19(12-14-22)6-5-17-30)26(21-9-4-10-21)20-7-2-1-3-8-20/h1-3,7-8,11-16,18,21,32H,4-6,9-10,17,30-31H2/b27-26-,32-28?. The second-order valence-electron chi connectivity index (χ2n) is 8.59. The molecule has 1 aliphatic carbocycles. The zero-order valence-corrected chi connectivity index (χ0v) is 18.5. The van der Waals surface area contributed by atoms with Crippen LogP contribution < -0.4 is 11.5 Å². The molecule has 0 amide bonds. The largest absolute Gasteiger partial charge is 0.398 e. The van der Waals surface area contributed by atoms with Crippen molar-refractivity contribution in [3.63, 3.8) is 0 Å². The first-order valence-corrected chi connectivity index (χ1v) is 11.4. The highest BCUT2D eigenvalue weighted by atomic mass is 14.6. The van der Waals surface area contributed by atoms with E-state index in [1.165, 1.54) is 47.1 Å². The Kier molecular flexibility index (Phi) is 6.91. The molecule has 1 aliphatic rings. The normalized spacial score (nSPS) is 14.5. The molecule has 0 atom stereocenters. The lowest BCUT2D eigenvalue weighted by molar-refractivity contribution is 0.401. The molecule has 0 heterocycles. The second kappa shape index (κ2) is 10.0. The maximum absolute atomic E-state index is 7.99. The van der Waals surface area contributed by atoms with Gasteiger partial charge in [0.25, 0.3) is 0 Å². The summed E-state index contributed by atoms with van der Waals surface area (Å²) in [5, 5.41) is 7.99. The lowest BCUT2D eigenvalue weighted by Gasteiger charge is -2.32. The van der Waals surface area contributed by atoms with Crippen molar-refractivity contribution in [2.75, 3.05) is 12.3 Å². The van der Waals surface area contributed by atoms with Gasteiger partial charge >= 0.3 is 0 Å². The van der Waals surface area contributed by atoms with Crippen LogP contribution in [0.1, 0.15) is 53.5 Å². The molecule has 1 saturated carbocycles. The quantitative estimate of drug-likeness (QED) is 0.198. The third-order valence-corrected chi connectivity index (χ3v) is 6.41. The first-order chi connectivity index (χ1) is 15.6. The predicted molar refractivity (Wildman–Crippen MR) is 137 cm³/mol. The van der Waals surface area contributed by atoms with E-state index in [1.807, 2.05) is 12.1 Å². The maximum atomic E-state index is 7.99. The van der Waals surface area contributed by atoms with E-state index in [-0.39, 0.29) is 5.61 Å². The summed E-state index contributed by atoms with van der Waals surface area (Å²) in [5.41, 5.74) is 20.3. The van der Waals surface area contributed by atoms with Gasteiger partial charge in [0.2, 0.25) is 0 Å². The SMILES string of the molecule is [B]C(=N)c1cc(/C(=C(/c2ccccc2)C2CCC2)c2ccc(CCCN)cc2)ccc1N. The number of anilines is 1. The van der Waals surface area contributed by atoms with E-state index >= 15 is 0 Å². The van der Waals surface area contributed by atoms with Crippen LogP contribution >= 0.6 is 0 Å². The van der Waals surface area contributed by atoms with Crippen molar-refractivity contribution in [1.29, 1.82) is 5.41 Å². The third kappa shape index (κ3) is 4.71. The number of hydrogen-bond donors (Lipinski definition) is 3. The average Bonchev–Trinajstić information content (AvgIpc) is 2.78. The molecule has 32 heavy (non-hydrogen) atoms. The van der Waals surface area contributed by atoms with Gasteiger partial charge < -0.3 is 16.9 Å². The van der Waals surface area contributed by atoms with Crippen molar-refractivity contribution in [2.45, 2.75) is 32.1 Å². The molecule has 3 nitrogen and oxygen atoms in total. The van der Waals surface area contributed by atoms with Gasteiger partial charge in [0, 0.05) is 11.3 Å². The maximum Gasteiger partial charge on any atom is 0.141 e. The van der Waals surface area contributed by atoms with Crippen LogP contribution in [0.15, 0.2) is 72.8 Å². The molecule has 0 unspecified atom stereocenters. The molecule has 4 heteroatoms. The van der Waals surface area contributed by atoms with E-state index in [1.54, 1.807) is 0 Å². The van der Waals surface area contributed by atoms with Gasteiger partial charge in [-0.1, -0.05) is 67.1 Å². The van der Waals surface area contributed by atoms with E-state index in [4.69, 9.17) is 24.7 Å². The highest BCUT2D eigenvalue weighted by Crippen LogP contribution is 2.45. The Morgan fingerprint density at radius 3 is 2.19 bits per heavy atom. The monoisotopic (exact) mass is 419 g/mol. The highest BCUT2D eigenvalue weighted by molar-refractivity contribution is 6.64. The van der Waals surface area contributed by atoms with Crippen LogP contribution in [0.5, 0.6) is 0 Å². The lowest BCUT2D eigenvalue weighted by atomic mass is 9.73. The van der Waals surface area contributed by atoms with Crippen LogP contribution in [-0.4, -0.2) is 20.0 Å². The fourth-order valence-electron chi connectivity index (χ4n) is 4.47. The van der Waals surface area contributed by atoms with Crippen molar-refractivity contribution in [1.82, 2.24) is 0 Å². The van der Waals surface area contributed by atoms with Gasteiger partial charge in [0.05, 0.1) is 0 Å². The Balaban J connectivity index is 1.93. The van der Waals surface area contributed by atoms with Gasteiger partial charge in [-0.2, -0.15) is 0 Å². The fourth-order valence-corrected chi connectivity index (χ4v) is 4.47. The van der Waals surface area contributed by atoms with E-state index in [0.717, 1.165) is 18.4 Å². The summed E-state index contributed by atoms with van der Waals surface area (Å²) in [4.78, 5) is 0. The van der Waals surface area contributed by atoms with Crippen molar-refractivity contribution in [2.24, 2.45) is 11.7 Å². The Morgan fingerprint density at radius 1 is 0.906 bits per heavy atom. The summed E-state index contributed by atoms with van der Waals surface area (Å²) >= 11 is 0. The molecule has 0 bridgehead atoms. The van der Waals surface area contributed by atoms with Gasteiger partial charge in [-0.25, -0.2) is 0 Å². The smallest absolute Gasteiger partial charge is 0.141 e. The number of nitrogen functional groups attached to an aromatic ring is 1. The number of hydrogen-bond acceptors (Lipinski definition) is 3. The average molecular weight is 419 g/mol. The Hall–Kier alpha value is -3.11. The molecule has 3 aromatic carbocycles. The third-order valence-electron chi connectivity index (χ3n) is 6.41. The fraction of sp³-hybridized carbons (Fsp3) is 0.250. The van der Waals surface area contributed by atoms with Crippen LogP contribution in [-0.2, 0) is 6.42 Å². The number of rotatable bonds is 8. The van der Waals surface area contributed by atoms with Crippen molar-refractivity contribution >= 4 is 30.3 Å². The number of aryl methyl sites for hydroxylation is 1. The first-order valence-electron chi connectivity index (χ1n) is 11.4. The highest BCUT2D eigenvalue weighted by Gasteiger charge is 2.27. The Morgan fingerprint density at radius 2 is 1.59 bits per heavy atom. The van der Waals surface area contributed by atoms with Crippen LogP contribution in [0, 0.1) is 11.3 Å². The van der Waals surface area contributed by atoms with Gasteiger partial charge in [-0.05, 0) is 89.3 Å². The van der Waals surface area contributed by atoms with E-state index < -0.39 is 0 Å². The molecule has 3 aromatic rings. The van der Waals surface area contributed by atoms with E-state index in [0.29, 0.717) is 23.7 Å². The first kappa shape index (κ1) is 22.1. The summed E-state index contributed by atoms with van der Waals surface area (Å²) in [5.74, 6) is 0.516. The molecular formula is C28H30BN3. The van der Waals surface area contributed by atoms with Gasteiger partial charge in [-0.15, -0.1) is 0 Å². The topological polar surface area (TPSA) is 75.9 Å². The van der Waals surface area contributed by atoms with E-state index in [9.17, 15) is 0 Å². The van der Waals surface area contributed by atoms with Crippen LogP contribution in [0.25, 0.3) is 11.1 Å². The number of nitrogens with two attached hydrogens (primary N) is 2. The summed E-state index contributed by atoms with van der Waals surface area (Å²) < 4.78 is 0. The Bertz CT molecular complexity index is 1110. The minimum Gasteiger partial charge on any atom is -0.398 e. The molecule has 0 aliphatic heterocycles. The van der Waals surface area contributed by atoms with Gasteiger partial charge in [0.15, 0.2) is 0 Å².